The number of rotatable bonds is 6. The molecule has 1 aliphatic rings. The maximum absolute atomic E-state index is 12.5. The van der Waals surface area contributed by atoms with E-state index in [1.54, 1.807) is 13.0 Å². The van der Waals surface area contributed by atoms with E-state index in [0.717, 1.165) is 6.42 Å². The zero-order chi connectivity index (χ0) is 22.5. The maximum Gasteiger partial charge on any atom is 0.314 e. The Labute approximate surface area is 182 Å². The van der Waals surface area contributed by atoms with Gasteiger partial charge in [0, 0.05) is 18.2 Å². The van der Waals surface area contributed by atoms with Crippen LogP contribution >= 0.6 is 0 Å². The average molecular weight is 427 g/mol. The second kappa shape index (κ2) is 9.74. The number of benzene rings is 1. The van der Waals surface area contributed by atoms with E-state index in [1.807, 2.05) is 51.1 Å². The van der Waals surface area contributed by atoms with E-state index in [-0.39, 0.29) is 23.9 Å². The Bertz CT molecular complexity index is 942. The summed E-state index contributed by atoms with van der Waals surface area (Å²) in [6.45, 7) is 7.39. The number of aryl methyl sites for hydroxylation is 2. The molecule has 1 aromatic carbocycles. The Kier molecular flexibility index (Phi) is 7.06. The molecule has 31 heavy (non-hydrogen) atoms. The Balaban J connectivity index is 1.58. The van der Waals surface area contributed by atoms with Crippen molar-refractivity contribution >= 4 is 23.5 Å². The van der Waals surface area contributed by atoms with Gasteiger partial charge in [-0.15, -0.1) is 0 Å². The molecule has 4 atom stereocenters. The molecular formula is C22H30N6O3. The van der Waals surface area contributed by atoms with Crippen LogP contribution in [0.15, 0.2) is 36.4 Å². The van der Waals surface area contributed by atoms with Gasteiger partial charge < -0.3 is 16.0 Å². The third-order valence-electron chi connectivity index (χ3n) is 5.50. The van der Waals surface area contributed by atoms with Gasteiger partial charge in [0.25, 0.3) is 0 Å². The summed E-state index contributed by atoms with van der Waals surface area (Å²) in [5.74, 6) is -1.46. The zero-order valence-electron chi connectivity index (χ0n) is 18.3. The van der Waals surface area contributed by atoms with Crippen molar-refractivity contribution in [3.05, 3.63) is 47.7 Å². The van der Waals surface area contributed by atoms with Crippen LogP contribution in [0.2, 0.25) is 0 Å². The monoisotopic (exact) mass is 426 g/mol. The van der Waals surface area contributed by atoms with Gasteiger partial charge in [-0.05, 0) is 39.2 Å². The van der Waals surface area contributed by atoms with E-state index >= 15 is 0 Å². The number of amides is 3. The predicted molar refractivity (Wildman–Crippen MR) is 117 cm³/mol. The normalized spacial score (nSPS) is 21.8. The molecule has 166 valence electrons. The van der Waals surface area contributed by atoms with Crippen LogP contribution in [0.1, 0.15) is 44.7 Å². The van der Waals surface area contributed by atoms with Crippen molar-refractivity contribution in [3.63, 3.8) is 0 Å². The molecule has 3 amide bonds. The second-order valence-electron chi connectivity index (χ2n) is 8.12. The topological polar surface area (TPSA) is 117 Å². The van der Waals surface area contributed by atoms with Gasteiger partial charge in [-0.3, -0.25) is 19.7 Å². The number of hydrogen-bond donors (Lipinski definition) is 4. The second-order valence-corrected chi connectivity index (χ2v) is 8.12. The summed E-state index contributed by atoms with van der Waals surface area (Å²) in [6, 6.07) is 11.4. The third-order valence-corrected chi connectivity index (χ3v) is 5.50. The third kappa shape index (κ3) is 5.69. The van der Waals surface area contributed by atoms with Crippen molar-refractivity contribution in [1.29, 1.82) is 0 Å². The highest BCUT2D eigenvalue weighted by Gasteiger charge is 2.32. The van der Waals surface area contributed by atoms with E-state index in [1.165, 1.54) is 10.2 Å². The van der Waals surface area contributed by atoms with Gasteiger partial charge in [-0.2, -0.15) is 5.10 Å². The van der Waals surface area contributed by atoms with Crippen LogP contribution in [-0.4, -0.2) is 39.6 Å². The van der Waals surface area contributed by atoms with Crippen LogP contribution in [0, 0.1) is 12.8 Å². The highest BCUT2D eigenvalue weighted by atomic mass is 16.2. The first kappa shape index (κ1) is 22.5. The summed E-state index contributed by atoms with van der Waals surface area (Å²) in [6.07, 6.45) is 0.906. The molecule has 1 aliphatic heterocycles. The smallest absolute Gasteiger partial charge is 0.314 e. The largest absolute Gasteiger partial charge is 0.345 e. The molecule has 3 rings (SSSR count). The van der Waals surface area contributed by atoms with Crippen LogP contribution in [0.25, 0.3) is 0 Å². The molecule has 2 heterocycles. The van der Waals surface area contributed by atoms with Crippen molar-refractivity contribution < 1.29 is 14.4 Å². The van der Waals surface area contributed by atoms with Gasteiger partial charge in [-0.1, -0.05) is 37.3 Å². The number of nitrogens with one attached hydrogen (secondary N) is 4. The van der Waals surface area contributed by atoms with E-state index in [2.05, 4.69) is 26.4 Å². The number of anilines is 1. The molecule has 4 N–H and O–H groups in total. The number of hydrogen-bond acceptors (Lipinski definition) is 5. The molecule has 1 aromatic heterocycles. The molecule has 2 aromatic rings. The quantitative estimate of drug-likeness (QED) is 0.522. The molecule has 1 fully saturated rings. The van der Waals surface area contributed by atoms with Gasteiger partial charge >= 0.3 is 11.8 Å². The molecule has 0 saturated carbocycles. The predicted octanol–water partition coefficient (Wildman–Crippen LogP) is 1.47. The van der Waals surface area contributed by atoms with Crippen molar-refractivity contribution in [2.75, 3.05) is 5.32 Å². The van der Waals surface area contributed by atoms with Crippen LogP contribution < -0.4 is 21.3 Å². The van der Waals surface area contributed by atoms with Crippen LogP contribution in [0.5, 0.6) is 0 Å². The van der Waals surface area contributed by atoms with Gasteiger partial charge in [0.05, 0.1) is 11.6 Å². The lowest BCUT2D eigenvalue weighted by molar-refractivity contribution is -0.136. The van der Waals surface area contributed by atoms with Gasteiger partial charge in [0.2, 0.25) is 5.91 Å². The highest BCUT2D eigenvalue weighted by Crippen LogP contribution is 2.19. The van der Waals surface area contributed by atoms with Crippen molar-refractivity contribution in [1.82, 2.24) is 25.7 Å². The van der Waals surface area contributed by atoms with Crippen molar-refractivity contribution in [2.24, 2.45) is 5.92 Å². The Morgan fingerprint density at radius 1 is 1.19 bits per heavy atom. The fraction of sp³-hybridized carbons (Fsp3) is 0.455. The molecule has 0 radical (unpaired) electrons. The summed E-state index contributed by atoms with van der Waals surface area (Å²) in [5.41, 5.74) is 1.83. The van der Waals surface area contributed by atoms with Crippen molar-refractivity contribution in [3.8, 4) is 0 Å². The molecule has 0 aliphatic carbocycles. The van der Waals surface area contributed by atoms with E-state index in [0.29, 0.717) is 17.9 Å². The SMILES string of the molecule is Cc1cc(NC(=O)C(=O)NC(C)CCc2ccccc2)n(C2NC(=O)C(C)C(C)N2)n1. The zero-order valence-corrected chi connectivity index (χ0v) is 18.3. The minimum Gasteiger partial charge on any atom is -0.345 e. The van der Waals surface area contributed by atoms with E-state index < -0.39 is 18.1 Å². The van der Waals surface area contributed by atoms with E-state index in [9.17, 15) is 14.4 Å². The number of nitrogens with zero attached hydrogens (tertiary/aromatic N) is 2. The molecular weight excluding hydrogens is 396 g/mol. The van der Waals surface area contributed by atoms with Crippen LogP contribution in [-0.2, 0) is 20.8 Å². The lowest BCUT2D eigenvalue weighted by Crippen LogP contribution is -2.57. The first-order valence-corrected chi connectivity index (χ1v) is 10.5. The Hall–Kier alpha value is -3.20. The fourth-order valence-corrected chi connectivity index (χ4v) is 3.43. The Morgan fingerprint density at radius 3 is 2.58 bits per heavy atom. The summed E-state index contributed by atoms with van der Waals surface area (Å²) in [5, 5.41) is 15.8. The summed E-state index contributed by atoms with van der Waals surface area (Å²) < 4.78 is 1.47. The summed E-state index contributed by atoms with van der Waals surface area (Å²) >= 11 is 0. The average Bonchev–Trinajstić information content (AvgIpc) is 3.10. The van der Waals surface area contributed by atoms with E-state index in [4.69, 9.17) is 0 Å². The maximum atomic E-state index is 12.5. The molecule has 0 spiro atoms. The minimum absolute atomic E-state index is 0.0689. The minimum atomic E-state index is -0.781. The highest BCUT2D eigenvalue weighted by molar-refractivity contribution is 6.39. The van der Waals surface area contributed by atoms with Gasteiger partial charge in [0.1, 0.15) is 5.82 Å². The molecule has 1 saturated heterocycles. The standard InChI is InChI=1S/C22H30N6O3/c1-13(10-11-17-8-6-5-7-9-17)23-20(30)21(31)25-18-12-14(2)27-28(18)22-24-16(4)15(3)19(29)26-22/h5-9,12-13,15-16,22,24H,10-11H2,1-4H3,(H,23,30)(H,25,31)(H,26,29). The molecule has 4 unspecified atom stereocenters. The molecule has 0 bridgehead atoms. The van der Waals surface area contributed by atoms with Gasteiger partial charge in [0.15, 0.2) is 6.29 Å². The van der Waals surface area contributed by atoms with Crippen molar-refractivity contribution in [2.45, 2.75) is 58.9 Å². The summed E-state index contributed by atoms with van der Waals surface area (Å²) in [7, 11) is 0. The first-order valence-electron chi connectivity index (χ1n) is 10.5. The molecule has 9 nitrogen and oxygen atoms in total. The van der Waals surface area contributed by atoms with Crippen LogP contribution in [0.4, 0.5) is 5.82 Å². The number of carbonyl (C=O) groups excluding carboxylic acids is 3. The number of carbonyl (C=O) groups is 3. The fourth-order valence-electron chi connectivity index (χ4n) is 3.43. The first-order chi connectivity index (χ1) is 14.7. The lowest BCUT2D eigenvalue weighted by atomic mass is 10.0. The Morgan fingerprint density at radius 2 is 1.90 bits per heavy atom. The van der Waals surface area contributed by atoms with Gasteiger partial charge in [-0.25, -0.2) is 4.68 Å². The summed E-state index contributed by atoms with van der Waals surface area (Å²) in [4.78, 5) is 37.0. The lowest BCUT2D eigenvalue weighted by Gasteiger charge is -2.34. The molecule has 9 heteroatoms. The van der Waals surface area contributed by atoms with Crippen LogP contribution in [0.3, 0.4) is 0 Å². The number of aromatic nitrogens is 2.